The fraction of sp³-hybridized carbons (Fsp3) is 0.562. The normalized spacial score (nSPS) is 19.4. The number of likely N-dealkylation sites (tertiary alicyclic amines) is 1. The lowest BCUT2D eigenvalue weighted by Gasteiger charge is -2.28. The number of benzene rings is 1. The first-order valence-corrected chi connectivity index (χ1v) is 7.55. The lowest BCUT2D eigenvalue weighted by molar-refractivity contribution is -0.131. The number of carbonyl (C=O) groups excluding carboxylic acids is 1. The maximum Gasteiger partial charge on any atom is 0.237 e. The first-order valence-electron chi connectivity index (χ1n) is 7.17. The summed E-state index contributed by atoms with van der Waals surface area (Å²) in [7, 11) is 0. The van der Waals surface area contributed by atoms with Gasteiger partial charge in [-0.25, -0.2) is 0 Å². The molecule has 0 spiro atoms. The van der Waals surface area contributed by atoms with Crippen LogP contribution >= 0.6 is 11.6 Å². The van der Waals surface area contributed by atoms with Gasteiger partial charge in [0, 0.05) is 17.1 Å². The molecule has 1 aliphatic heterocycles. The molecule has 0 aliphatic carbocycles. The molecule has 3 nitrogen and oxygen atoms in total. The lowest BCUT2D eigenvalue weighted by Crippen LogP contribution is -2.44. The molecule has 4 heteroatoms. The van der Waals surface area contributed by atoms with Crippen molar-refractivity contribution >= 4 is 17.5 Å². The van der Waals surface area contributed by atoms with Crippen LogP contribution in [0.3, 0.4) is 0 Å². The fourth-order valence-electron chi connectivity index (χ4n) is 2.58. The summed E-state index contributed by atoms with van der Waals surface area (Å²) in [6.07, 6.45) is 2.03. The first kappa shape index (κ1) is 15.3. The minimum absolute atomic E-state index is 0.0464. The molecular weight excluding hydrogens is 272 g/mol. The highest BCUT2D eigenvalue weighted by molar-refractivity contribution is 6.31. The zero-order chi connectivity index (χ0) is 14.8. The highest BCUT2D eigenvalue weighted by atomic mass is 35.5. The molecule has 1 amide bonds. The monoisotopic (exact) mass is 294 g/mol. The Kier molecular flexibility index (Phi) is 4.71. The van der Waals surface area contributed by atoms with Crippen molar-refractivity contribution in [1.29, 1.82) is 0 Å². The molecule has 1 N–H and O–H groups in total. The topological polar surface area (TPSA) is 32.3 Å². The van der Waals surface area contributed by atoms with E-state index in [-0.39, 0.29) is 17.5 Å². The Labute approximate surface area is 126 Å². The van der Waals surface area contributed by atoms with E-state index in [0.717, 1.165) is 30.0 Å². The molecule has 0 saturated carbocycles. The Morgan fingerprint density at radius 1 is 1.40 bits per heavy atom. The number of rotatable bonds is 3. The Balaban J connectivity index is 2.08. The minimum atomic E-state index is -0.0464. The number of hydrogen-bond donors (Lipinski definition) is 1. The number of carbonyl (C=O) groups is 1. The second kappa shape index (κ2) is 6.15. The third-order valence-electron chi connectivity index (χ3n) is 3.61. The van der Waals surface area contributed by atoms with Crippen molar-refractivity contribution in [3.63, 3.8) is 0 Å². The molecule has 110 valence electrons. The van der Waals surface area contributed by atoms with Crippen LogP contribution in [0.15, 0.2) is 24.3 Å². The van der Waals surface area contributed by atoms with Crippen LogP contribution in [-0.2, 0) is 4.79 Å². The van der Waals surface area contributed by atoms with Crippen LogP contribution in [0.25, 0.3) is 0 Å². The van der Waals surface area contributed by atoms with Gasteiger partial charge in [0.25, 0.3) is 0 Å². The second-order valence-corrected chi connectivity index (χ2v) is 6.78. The summed E-state index contributed by atoms with van der Waals surface area (Å²) in [5, 5.41) is 4.01. The molecule has 1 aromatic carbocycles. The SMILES string of the molecule is CC(C)(C)NCC(=O)N1CCCC1c1ccccc1Cl. The molecule has 0 aromatic heterocycles. The highest BCUT2D eigenvalue weighted by Gasteiger charge is 2.31. The maximum atomic E-state index is 12.4. The summed E-state index contributed by atoms with van der Waals surface area (Å²) in [6.45, 7) is 7.40. The summed E-state index contributed by atoms with van der Waals surface area (Å²) >= 11 is 6.27. The van der Waals surface area contributed by atoms with Crippen molar-refractivity contribution in [1.82, 2.24) is 10.2 Å². The van der Waals surface area contributed by atoms with Gasteiger partial charge in [-0.2, -0.15) is 0 Å². The molecule has 0 bridgehead atoms. The Hall–Kier alpha value is -1.06. The van der Waals surface area contributed by atoms with Crippen LogP contribution in [0, 0.1) is 0 Å². The van der Waals surface area contributed by atoms with Gasteiger partial charge in [-0.3, -0.25) is 4.79 Å². The van der Waals surface area contributed by atoms with E-state index in [1.165, 1.54) is 0 Å². The number of amides is 1. The van der Waals surface area contributed by atoms with Crippen molar-refractivity contribution in [3.8, 4) is 0 Å². The van der Waals surface area contributed by atoms with Crippen molar-refractivity contribution < 1.29 is 4.79 Å². The number of nitrogens with one attached hydrogen (secondary N) is 1. The van der Waals surface area contributed by atoms with E-state index in [9.17, 15) is 4.79 Å². The summed E-state index contributed by atoms with van der Waals surface area (Å²) in [4.78, 5) is 14.4. The summed E-state index contributed by atoms with van der Waals surface area (Å²) in [6, 6.07) is 7.95. The first-order chi connectivity index (χ1) is 9.38. The van der Waals surface area contributed by atoms with Gasteiger partial charge in [-0.1, -0.05) is 29.8 Å². The lowest BCUT2D eigenvalue weighted by atomic mass is 10.0. The zero-order valence-electron chi connectivity index (χ0n) is 12.4. The standard InChI is InChI=1S/C16H23ClN2O/c1-16(2,3)18-11-15(20)19-10-6-9-14(19)12-7-4-5-8-13(12)17/h4-5,7-8,14,18H,6,9-11H2,1-3H3. The Morgan fingerprint density at radius 2 is 2.10 bits per heavy atom. The fourth-order valence-corrected chi connectivity index (χ4v) is 2.84. The maximum absolute atomic E-state index is 12.4. The Morgan fingerprint density at radius 3 is 2.75 bits per heavy atom. The molecule has 0 radical (unpaired) electrons. The summed E-state index contributed by atoms with van der Waals surface area (Å²) in [5.74, 6) is 0.155. The highest BCUT2D eigenvalue weighted by Crippen LogP contribution is 2.35. The van der Waals surface area contributed by atoms with Gasteiger partial charge in [0.15, 0.2) is 0 Å². The Bertz CT molecular complexity index is 482. The van der Waals surface area contributed by atoms with Crippen molar-refractivity contribution in [3.05, 3.63) is 34.9 Å². The van der Waals surface area contributed by atoms with Gasteiger partial charge in [-0.05, 0) is 45.2 Å². The number of nitrogens with zero attached hydrogens (tertiary/aromatic N) is 1. The van der Waals surface area contributed by atoms with Gasteiger partial charge < -0.3 is 10.2 Å². The van der Waals surface area contributed by atoms with E-state index in [4.69, 9.17) is 11.6 Å². The van der Waals surface area contributed by atoms with Gasteiger partial charge in [0.2, 0.25) is 5.91 Å². The third-order valence-corrected chi connectivity index (χ3v) is 3.95. The van der Waals surface area contributed by atoms with Gasteiger partial charge in [-0.15, -0.1) is 0 Å². The molecule has 1 heterocycles. The largest absolute Gasteiger partial charge is 0.334 e. The van der Waals surface area contributed by atoms with Crippen molar-refractivity contribution in [2.24, 2.45) is 0 Å². The quantitative estimate of drug-likeness (QED) is 0.927. The van der Waals surface area contributed by atoms with Crippen LogP contribution in [-0.4, -0.2) is 29.4 Å². The van der Waals surface area contributed by atoms with Crippen LogP contribution in [0.2, 0.25) is 5.02 Å². The molecule has 20 heavy (non-hydrogen) atoms. The molecule has 2 rings (SSSR count). The molecule has 1 aliphatic rings. The molecular formula is C16H23ClN2O. The van der Waals surface area contributed by atoms with E-state index >= 15 is 0 Å². The predicted octanol–water partition coefficient (Wildman–Crippen LogP) is 3.39. The van der Waals surface area contributed by atoms with Crippen LogP contribution in [0.1, 0.15) is 45.2 Å². The van der Waals surface area contributed by atoms with E-state index in [1.807, 2.05) is 29.2 Å². The smallest absolute Gasteiger partial charge is 0.237 e. The van der Waals surface area contributed by atoms with E-state index in [1.54, 1.807) is 0 Å². The predicted molar refractivity (Wildman–Crippen MR) is 82.9 cm³/mol. The summed E-state index contributed by atoms with van der Waals surface area (Å²) in [5.41, 5.74) is 1.02. The average molecular weight is 295 g/mol. The van der Waals surface area contributed by atoms with E-state index < -0.39 is 0 Å². The number of hydrogen-bond acceptors (Lipinski definition) is 2. The van der Waals surface area contributed by atoms with Crippen molar-refractivity contribution in [2.45, 2.75) is 45.2 Å². The summed E-state index contributed by atoms with van der Waals surface area (Å²) < 4.78 is 0. The number of halogens is 1. The third kappa shape index (κ3) is 3.74. The van der Waals surface area contributed by atoms with Crippen LogP contribution in [0.4, 0.5) is 0 Å². The molecule has 1 saturated heterocycles. The average Bonchev–Trinajstić information content (AvgIpc) is 2.84. The second-order valence-electron chi connectivity index (χ2n) is 6.37. The molecule has 1 aromatic rings. The van der Waals surface area contributed by atoms with E-state index in [2.05, 4.69) is 26.1 Å². The van der Waals surface area contributed by atoms with Crippen LogP contribution in [0.5, 0.6) is 0 Å². The molecule has 1 fully saturated rings. The van der Waals surface area contributed by atoms with Gasteiger partial charge >= 0.3 is 0 Å². The minimum Gasteiger partial charge on any atom is -0.334 e. The van der Waals surface area contributed by atoms with Crippen molar-refractivity contribution in [2.75, 3.05) is 13.1 Å². The molecule has 1 unspecified atom stereocenters. The zero-order valence-corrected chi connectivity index (χ0v) is 13.2. The molecule has 1 atom stereocenters. The van der Waals surface area contributed by atoms with Gasteiger partial charge in [0.1, 0.15) is 0 Å². The van der Waals surface area contributed by atoms with Gasteiger partial charge in [0.05, 0.1) is 12.6 Å². The van der Waals surface area contributed by atoms with Crippen LogP contribution < -0.4 is 5.32 Å². The van der Waals surface area contributed by atoms with E-state index in [0.29, 0.717) is 6.54 Å².